The average molecular weight is 308 g/mol. The summed E-state index contributed by atoms with van der Waals surface area (Å²) in [4.78, 5) is 5.08. The maximum absolute atomic E-state index is 2.56. The Morgan fingerprint density at radius 3 is 2.57 bits per heavy atom. The van der Waals surface area contributed by atoms with Crippen molar-refractivity contribution in [3.8, 4) is 0 Å². The van der Waals surface area contributed by atoms with Gasteiger partial charge in [0.1, 0.15) is 0 Å². The molecule has 0 amide bonds. The summed E-state index contributed by atoms with van der Waals surface area (Å²) in [7, 11) is 0. The van der Waals surface area contributed by atoms with Crippen molar-refractivity contribution in [2.45, 2.75) is 39.7 Å². The van der Waals surface area contributed by atoms with E-state index in [9.17, 15) is 0 Å². The predicted octanol–water partition coefficient (Wildman–Crippen LogP) is 4.68. The van der Waals surface area contributed by atoms with E-state index >= 15 is 0 Å². The van der Waals surface area contributed by atoms with Crippen molar-refractivity contribution in [1.29, 1.82) is 0 Å². The lowest BCUT2D eigenvalue weighted by Gasteiger charge is -2.32. The monoisotopic (exact) mass is 308 g/mol. The van der Waals surface area contributed by atoms with E-state index in [1.807, 2.05) is 0 Å². The molecule has 3 rings (SSSR count). The van der Waals surface area contributed by atoms with Crippen molar-refractivity contribution in [2.75, 3.05) is 19.6 Å². The van der Waals surface area contributed by atoms with Crippen LogP contribution in [0.25, 0.3) is 5.70 Å². The molecular weight excluding hydrogens is 280 g/mol. The molecule has 1 atom stereocenters. The van der Waals surface area contributed by atoms with Gasteiger partial charge in [-0.1, -0.05) is 56.3 Å². The van der Waals surface area contributed by atoms with Crippen LogP contribution in [0.5, 0.6) is 0 Å². The van der Waals surface area contributed by atoms with Crippen LogP contribution < -0.4 is 0 Å². The molecule has 0 saturated heterocycles. The third kappa shape index (κ3) is 3.28. The second kappa shape index (κ2) is 7.18. The molecule has 0 N–H and O–H groups in total. The second-order valence-corrected chi connectivity index (χ2v) is 6.40. The van der Waals surface area contributed by atoms with Crippen LogP contribution in [-0.4, -0.2) is 35.5 Å². The van der Waals surface area contributed by atoms with E-state index in [0.29, 0.717) is 6.04 Å². The zero-order valence-corrected chi connectivity index (χ0v) is 14.6. The van der Waals surface area contributed by atoms with Crippen LogP contribution in [0.15, 0.2) is 59.8 Å². The van der Waals surface area contributed by atoms with Crippen molar-refractivity contribution in [3.63, 3.8) is 0 Å². The minimum atomic E-state index is 0.600. The lowest BCUT2D eigenvalue weighted by atomic mass is 10.0. The predicted molar refractivity (Wildman–Crippen MR) is 98.9 cm³/mol. The van der Waals surface area contributed by atoms with Crippen molar-refractivity contribution in [1.82, 2.24) is 9.80 Å². The highest BCUT2D eigenvalue weighted by Gasteiger charge is 2.26. The first kappa shape index (κ1) is 16.1. The fraction of sp³-hybridized carbons (Fsp3) is 0.429. The first-order chi connectivity index (χ1) is 11.2. The minimum Gasteiger partial charge on any atom is -0.341 e. The van der Waals surface area contributed by atoms with Gasteiger partial charge < -0.3 is 4.90 Å². The lowest BCUT2D eigenvalue weighted by molar-refractivity contribution is 0.251. The molecule has 122 valence electrons. The zero-order valence-electron chi connectivity index (χ0n) is 14.6. The third-order valence-electron chi connectivity index (χ3n) is 5.06. The van der Waals surface area contributed by atoms with Crippen molar-refractivity contribution in [2.24, 2.45) is 0 Å². The summed E-state index contributed by atoms with van der Waals surface area (Å²) in [5, 5.41) is 0. The molecule has 1 aromatic rings. The Balaban J connectivity index is 1.90. The van der Waals surface area contributed by atoms with Crippen LogP contribution >= 0.6 is 0 Å². The quantitative estimate of drug-likeness (QED) is 0.779. The van der Waals surface area contributed by atoms with Gasteiger partial charge in [-0.25, -0.2) is 0 Å². The number of benzene rings is 1. The molecule has 0 fully saturated rings. The summed E-state index contributed by atoms with van der Waals surface area (Å²) in [6.07, 6.45) is 9.48. The van der Waals surface area contributed by atoms with Gasteiger partial charge in [-0.2, -0.15) is 0 Å². The molecule has 0 aromatic heterocycles. The van der Waals surface area contributed by atoms with Crippen LogP contribution in [-0.2, 0) is 0 Å². The number of likely N-dealkylation sites (N-methyl/N-ethyl adjacent to an activating group) is 1. The normalized spacial score (nSPS) is 21.3. The van der Waals surface area contributed by atoms with Crippen LogP contribution in [0.2, 0.25) is 0 Å². The zero-order chi connectivity index (χ0) is 16.2. The molecule has 1 unspecified atom stereocenters. The number of hydrogen-bond acceptors (Lipinski definition) is 2. The van der Waals surface area contributed by atoms with Crippen LogP contribution in [0.1, 0.15) is 39.2 Å². The Morgan fingerprint density at radius 1 is 1.13 bits per heavy atom. The van der Waals surface area contributed by atoms with Gasteiger partial charge in [0.15, 0.2) is 0 Å². The van der Waals surface area contributed by atoms with Gasteiger partial charge in [0.25, 0.3) is 0 Å². The molecule has 23 heavy (non-hydrogen) atoms. The van der Waals surface area contributed by atoms with E-state index in [-0.39, 0.29) is 0 Å². The maximum Gasteiger partial charge on any atom is 0.0514 e. The van der Waals surface area contributed by atoms with Crippen molar-refractivity contribution in [3.05, 3.63) is 65.4 Å². The van der Waals surface area contributed by atoms with Gasteiger partial charge in [0.05, 0.1) is 5.70 Å². The molecule has 0 spiro atoms. The summed E-state index contributed by atoms with van der Waals surface area (Å²) < 4.78 is 0. The van der Waals surface area contributed by atoms with Gasteiger partial charge in [-0.05, 0) is 50.1 Å². The highest BCUT2D eigenvalue weighted by molar-refractivity contribution is 5.72. The van der Waals surface area contributed by atoms with Crippen LogP contribution in [0, 0.1) is 0 Å². The molecule has 1 aliphatic heterocycles. The van der Waals surface area contributed by atoms with E-state index in [0.717, 1.165) is 19.6 Å². The second-order valence-electron chi connectivity index (χ2n) is 6.40. The van der Waals surface area contributed by atoms with E-state index in [1.54, 1.807) is 0 Å². The molecule has 1 heterocycles. The van der Waals surface area contributed by atoms with Crippen molar-refractivity contribution < 1.29 is 0 Å². The Hall–Kier alpha value is -1.80. The smallest absolute Gasteiger partial charge is 0.0514 e. The van der Waals surface area contributed by atoms with E-state index in [1.165, 1.54) is 35.4 Å². The highest BCUT2D eigenvalue weighted by Crippen LogP contribution is 2.35. The lowest BCUT2D eigenvalue weighted by Crippen LogP contribution is -2.32. The molecule has 1 aliphatic carbocycles. The van der Waals surface area contributed by atoms with E-state index in [4.69, 9.17) is 0 Å². The fourth-order valence-corrected chi connectivity index (χ4v) is 3.85. The summed E-state index contributed by atoms with van der Waals surface area (Å²) in [6.45, 7) is 9.99. The molecule has 1 aromatic carbocycles. The first-order valence-electron chi connectivity index (χ1n) is 8.89. The van der Waals surface area contributed by atoms with Gasteiger partial charge in [-0.15, -0.1) is 0 Å². The fourth-order valence-electron chi connectivity index (χ4n) is 3.85. The highest BCUT2D eigenvalue weighted by atomic mass is 15.2. The molecule has 0 saturated carbocycles. The van der Waals surface area contributed by atoms with E-state index in [2.05, 4.69) is 79.1 Å². The van der Waals surface area contributed by atoms with Crippen LogP contribution in [0.3, 0.4) is 0 Å². The Morgan fingerprint density at radius 2 is 1.87 bits per heavy atom. The molecule has 0 bridgehead atoms. The Bertz CT molecular complexity index is 621. The van der Waals surface area contributed by atoms with E-state index < -0.39 is 0 Å². The molecule has 2 aliphatic rings. The van der Waals surface area contributed by atoms with Gasteiger partial charge in [-0.3, -0.25) is 4.90 Å². The molecule has 2 heteroatoms. The van der Waals surface area contributed by atoms with Gasteiger partial charge >= 0.3 is 0 Å². The van der Waals surface area contributed by atoms with Crippen molar-refractivity contribution >= 4 is 5.70 Å². The number of allylic oxidation sites excluding steroid dienone is 3. The first-order valence-corrected chi connectivity index (χ1v) is 8.89. The maximum atomic E-state index is 2.56. The molecular formula is C21H28N2. The summed E-state index contributed by atoms with van der Waals surface area (Å²) >= 11 is 0. The summed E-state index contributed by atoms with van der Waals surface area (Å²) in [5.41, 5.74) is 5.54. The standard InChI is InChI=1S/C21H28N2/c1-4-22(5-2)19-13-14-20(16-19)23-15-9-10-17(3)21(23)18-11-7-6-8-12-18/h6-12,16,19H,4-5,13-15H2,1-3H3. The number of nitrogens with zero attached hydrogens (tertiary/aromatic N) is 2. The Kier molecular flexibility index (Phi) is 5.02. The van der Waals surface area contributed by atoms with Gasteiger partial charge in [0, 0.05) is 18.3 Å². The number of rotatable bonds is 5. The Labute approximate surface area is 140 Å². The molecule has 0 radical (unpaired) electrons. The van der Waals surface area contributed by atoms with Crippen LogP contribution in [0.4, 0.5) is 0 Å². The molecule has 2 nitrogen and oxygen atoms in total. The minimum absolute atomic E-state index is 0.600. The topological polar surface area (TPSA) is 6.48 Å². The third-order valence-corrected chi connectivity index (χ3v) is 5.06. The summed E-state index contributed by atoms with van der Waals surface area (Å²) in [6, 6.07) is 11.4. The average Bonchev–Trinajstić information content (AvgIpc) is 3.06. The summed E-state index contributed by atoms with van der Waals surface area (Å²) in [5.74, 6) is 0. The SMILES string of the molecule is CCN(CC)C1C=C(N2CC=CC(C)=C2c2ccccc2)CC1. The number of hydrogen-bond donors (Lipinski definition) is 0. The van der Waals surface area contributed by atoms with Gasteiger partial charge in [0.2, 0.25) is 0 Å². The largest absolute Gasteiger partial charge is 0.341 e.